The number of likely N-dealkylation sites (N-methyl/N-ethyl adjacent to an activating group) is 1. The first-order chi connectivity index (χ1) is 7.74. The number of ether oxygens (including phenoxy) is 2. The maximum Gasteiger partial charge on any atom is 0.330 e. The molecule has 1 aliphatic heterocycles. The van der Waals surface area contributed by atoms with E-state index in [1.165, 1.54) is 6.08 Å². The van der Waals surface area contributed by atoms with Crippen molar-refractivity contribution in [1.29, 1.82) is 0 Å². The zero-order chi connectivity index (χ0) is 11.8. The van der Waals surface area contributed by atoms with Gasteiger partial charge >= 0.3 is 5.97 Å². The second-order valence-corrected chi connectivity index (χ2v) is 3.94. The van der Waals surface area contributed by atoms with Crippen LogP contribution < -0.4 is 0 Å². The Bertz CT molecular complexity index is 234. The van der Waals surface area contributed by atoms with E-state index in [1.807, 2.05) is 6.08 Å². The van der Waals surface area contributed by atoms with E-state index in [1.54, 1.807) is 6.92 Å². The van der Waals surface area contributed by atoms with Crippen LogP contribution in [0.25, 0.3) is 0 Å². The lowest BCUT2D eigenvalue weighted by atomic mass is 10.1. The van der Waals surface area contributed by atoms with Gasteiger partial charge in [-0.25, -0.2) is 4.79 Å². The fourth-order valence-electron chi connectivity index (χ4n) is 1.78. The molecule has 4 nitrogen and oxygen atoms in total. The molecule has 0 aromatic heterocycles. The molecule has 0 unspecified atom stereocenters. The monoisotopic (exact) mass is 227 g/mol. The molecular weight excluding hydrogens is 206 g/mol. The van der Waals surface area contributed by atoms with Gasteiger partial charge in [-0.2, -0.15) is 0 Å². The highest BCUT2D eigenvalue weighted by Gasteiger charge is 2.16. The van der Waals surface area contributed by atoms with Gasteiger partial charge in [0.15, 0.2) is 0 Å². The molecule has 1 rings (SSSR count). The summed E-state index contributed by atoms with van der Waals surface area (Å²) in [5.74, 6) is -0.261. The van der Waals surface area contributed by atoms with E-state index in [9.17, 15) is 4.79 Å². The van der Waals surface area contributed by atoms with Crippen LogP contribution in [-0.2, 0) is 14.3 Å². The van der Waals surface area contributed by atoms with Gasteiger partial charge in [-0.1, -0.05) is 6.08 Å². The van der Waals surface area contributed by atoms with Crippen molar-refractivity contribution in [2.75, 3.05) is 33.4 Å². The molecule has 0 atom stereocenters. The Morgan fingerprint density at radius 2 is 2.19 bits per heavy atom. The maximum absolute atomic E-state index is 11.1. The van der Waals surface area contributed by atoms with Crippen LogP contribution in [0.1, 0.15) is 19.8 Å². The molecule has 1 saturated heterocycles. The number of carbonyl (C=O) groups is 1. The van der Waals surface area contributed by atoms with Crippen molar-refractivity contribution in [3.8, 4) is 0 Å². The van der Waals surface area contributed by atoms with Crippen LogP contribution in [0.15, 0.2) is 12.2 Å². The van der Waals surface area contributed by atoms with E-state index >= 15 is 0 Å². The molecule has 4 heteroatoms. The molecule has 0 amide bonds. The van der Waals surface area contributed by atoms with Crippen molar-refractivity contribution in [1.82, 2.24) is 4.90 Å². The largest absolute Gasteiger partial charge is 0.463 e. The Hall–Kier alpha value is -0.870. The zero-order valence-corrected chi connectivity index (χ0v) is 10.1. The summed E-state index contributed by atoms with van der Waals surface area (Å²) in [6, 6.07) is 0.570. The molecule has 0 aromatic rings. The molecule has 0 bridgehead atoms. The van der Waals surface area contributed by atoms with Gasteiger partial charge in [0, 0.05) is 31.9 Å². The third-order valence-electron chi connectivity index (χ3n) is 2.75. The second-order valence-electron chi connectivity index (χ2n) is 3.94. The standard InChI is InChI=1S/C12H21NO3/c1-3-16-12(14)5-4-8-13(2)11-6-9-15-10-7-11/h4-5,11H,3,6-10H2,1-2H3/b5-4+. The molecule has 0 aromatic carbocycles. The average Bonchev–Trinajstić information content (AvgIpc) is 2.30. The van der Waals surface area contributed by atoms with Crippen molar-refractivity contribution in [2.24, 2.45) is 0 Å². The quantitative estimate of drug-likeness (QED) is 0.523. The highest BCUT2D eigenvalue weighted by molar-refractivity contribution is 5.81. The van der Waals surface area contributed by atoms with Crippen LogP contribution in [-0.4, -0.2) is 50.3 Å². The van der Waals surface area contributed by atoms with Crippen LogP contribution >= 0.6 is 0 Å². The summed E-state index contributed by atoms with van der Waals surface area (Å²) in [5, 5.41) is 0. The molecule has 0 radical (unpaired) electrons. The number of esters is 1. The van der Waals surface area contributed by atoms with Gasteiger partial charge in [0.05, 0.1) is 6.61 Å². The summed E-state index contributed by atoms with van der Waals surface area (Å²) >= 11 is 0. The first kappa shape index (κ1) is 13.2. The molecule has 92 valence electrons. The minimum atomic E-state index is -0.261. The number of hydrogen-bond donors (Lipinski definition) is 0. The van der Waals surface area contributed by atoms with E-state index in [-0.39, 0.29) is 5.97 Å². The second kappa shape index (κ2) is 7.41. The van der Waals surface area contributed by atoms with Crippen molar-refractivity contribution in [2.45, 2.75) is 25.8 Å². The van der Waals surface area contributed by atoms with Crippen LogP contribution in [0.5, 0.6) is 0 Å². The van der Waals surface area contributed by atoms with Gasteiger partial charge < -0.3 is 9.47 Å². The van der Waals surface area contributed by atoms with Crippen LogP contribution in [0.3, 0.4) is 0 Å². The number of carbonyl (C=O) groups excluding carboxylic acids is 1. The molecule has 0 spiro atoms. The summed E-state index contributed by atoms with van der Waals surface area (Å²) < 4.78 is 10.1. The molecule has 0 N–H and O–H groups in total. The fraction of sp³-hybridized carbons (Fsp3) is 0.750. The topological polar surface area (TPSA) is 38.8 Å². The molecule has 16 heavy (non-hydrogen) atoms. The zero-order valence-electron chi connectivity index (χ0n) is 10.1. The molecule has 1 aliphatic rings. The Morgan fingerprint density at radius 3 is 2.81 bits per heavy atom. The summed E-state index contributed by atoms with van der Waals surface area (Å²) in [4.78, 5) is 13.3. The van der Waals surface area contributed by atoms with Crippen molar-refractivity contribution in [3.63, 3.8) is 0 Å². The van der Waals surface area contributed by atoms with E-state index in [2.05, 4.69) is 11.9 Å². The van der Waals surface area contributed by atoms with Gasteiger partial charge in [-0.05, 0) is 26.8 Å². The van der Waals surface area contributed by atoms with Gasteiger partial charge in [-0.3, -0.25) is 4.90 Å². The van der Waals surface area contributed by atoms with Gasteiger partial charge in [0.25, 0.3) is 0 Å². The van der Waals surface area contributed by atoms with Crippen molar-refractivity contribution in [3.05, 3.63) is 12.2 Å². The molecule has 1 fully saturated rings. The highest BCUT2D eigenvalue weighted by atomic mass is 16.5. The van der Waals surface area contributed by atoms with Gasteiger partial charge in [0.2, 0.25) is 0 Å². The summed E-state index contributed by atoms with van der Waals surface area (Å²) in [6.45, 7) is 4.70. The van der Waals surface area contributed by atoms with E-state index in [4.69, 9.17) is 9.47 Å². The number of rotatable bonds is 5. The Morgan fingerprint density at radius 1 is 1.50 bits per heavy atom. The molecule has 1 heterocycles. The number of nitrogens with zero attached hydrogens (tertiary/aromatic N) is 1. The van der Waals surface area contributed by atoms with Gasteiger partial charge in [0.1, 0.15) is 0 Å². The van der Waals surface area contributed by atoms with Crippen LogP contribution in [0.4, 0.5) is 0 Å². The van der Waals surface area contributed by atoms with Crippen LogP contribution in [0, 0.1) is 0 Å². The molecule has 0 saturated carbocycles. The van der Waals surface area contributed by atoms with Gasteiger partial charge in [-0.15, -0.1) is 0 Å². The first-order valence-electron chi connectivity index (χ1n) is 5.85. The smallest absolute Gasteiger partial charge is 0.330 e. The SMILES string of the molecule is CCOC(=O)/C=C/CN(C)C1CCOCC1. The lowest BCUT2D eigenvalue weighted by Gasteiger charge is -2.30. The van der Waals surface area contributed by atoms with Crippen molar-refractivity contribution >= 4 is 5.97 Å². The fourth-order valence-corrected chi connectivity index (χ4v) is 1.78. The Labute approximate surface area is 97.2 Å². The van der Waals surface area contributed by atoms with E-state index < -0.39 is 0 Å². The van der Waals surface area contributed by atoms with Crippen LogP contribution in [0.2, 0.25) is 0 Å². The third-order valence-corrected chi connectivity index (χ3v) is 2.75. The number of hydrogen-bond acceptors (Lipinski definition) is 4. The molecular formula is C12H21NO3. The normalized spacial score (nSPS) is 18.2. The van der Waals surface area contributed by atoms with Crippen molar-refractivity contribution < 1.29 is 14.3 Å². The molecule has 0 aliphatic carbocycles. The highest BCUT2D eigenvalue weighted by Crippen LogP contribution is 2.12. The Balaban J connectivity index is 2.22. The lowest BCUT2D eigenvalue weighted by Crippen LogP contribution is -2.36. The first-order valence-corrected chi connectivity index (χ1v) is 5.85. The minimum absolute atomic E-state index is 0.261. The summed E-state index contributed by atoms with van der Waals surface area (Å²) in [6.07, 6.45) is 5.50. The predicted molar refractivity (Wildman–Crippen MR) is 62.2 cm³/mol. The average molecular weight is 227 g/mol. The van der Waals surface area contributed by atoms with E-state index in [0.29, 0.717) is 12.6 Å². The summed E-state index contributed by atoms with van der Waals surface area (Å²) in [7, 11) is 2.07. The van der Waals surface area contributed by atoms with E-state index in [0.717, 1.165) is 32.6 Å². The summed E-state index contributed by atoms with van der Waals surface area (Å²) in [5.41, 5.74) is 0. The maximum atomic E-state index is 11.1. The minimum Gasteiger partial charge on any atom is -0.463 e. The lowest BCUT2D eigenvalue weighted by molar-refractivity contribution is -0.137. The Kier molecular flexibility index (Phi) is 6.11. The predicted octanol–water partition coefficient (Wildman–Crippen LogP) is 1.22. The third kappa shape index (κ3) is 4.77.